The lowest BCUT2D eigenvalue weighted by Gasteiger charge is -2.47. The number of carbonyl (C=O) groups is 1. The highest BCUT2D eigenvalue weighted by Crippen LogP contribution is 2.57. The largest absolute Gasteiger partial charge is 0.352 e. The Labute approximate surface area is 216 Å². The molecule has 3 rings (SSSR count). The highest BCUT2D eigenvalue weighted by molar-refractivity contribution is 8.10. The monoisotopic (exact) mass is 526 g/mol. The Balaban J connectivity index is 2.03. The van der Waals surface area contributed by atoms with Crippen LogP contribution in [0.3, 0.4) is 0 Å². The van der Waals surface area contributed by atoms with Crippen molar-refractivity contribution in [3.8, 4) is 0 Å². The van der Waals surface area contributed by atoms with Crippen molar-refractivity contribution in [3.63, 3.8) is 0 Å². The second-order valence-corrected chi connectivity index (χ2v) is 15.3. The number of ether oxygens (including phenoxy) is 1. The van der Waals surface area contributed by atoms with Gasteiger partial charge in [0.25, 0.3) is 12.5 Å². The molecule has 1 unspecified atom stereocenters. The van der Waals surface area contributed by atoms with E-state index in [-0.39, 0.29) is 23.7 Å². The molecule has 9 nitrogen and oxygen atoms in total. The van der Waals surface area contributed by atoms with Crippen LogP contribution in [0.15, 0.2) is 28.9 Å². The van der Waals surface area contributed by atoms with E-state index in [2.05, 4.69) is 47.1 Å². The van der Waals surface area contributed by atoms with Crippen LogP contribution in [0.1, 0.15) is 54.9 Å². The summed E-state index contributed by atoms with van der Waals surface area (Å²) in [6.07, 6.45) is 2.18. The zero-order valence-electron chi connectivity index (χ0n) is 22.8. The number of guanidine groups is 1. The lowest BCUT2D eigenvalue weighted by atomic mass is 9.89. The number of nitrogens with one attached hydrogen (secondary N) is 1. The van der Waals surface area contributed by atoms with Crippen LogP contribution in [-0.2, 0) is 25.9 Å². The fourth-order valence-corrected chi connectivity index (χ4v) is 7.96. The molecule has 0 aliphatic carbocycles. The van der Waals surface area contributed by atoms with E-state index < -0.39 is 12.2 Å². The summed E-state index contributed by atoms with van der Waals surface area (Å²) in [5.74, 6) is 1.21. The molecular formula is C24H43N6O3PS. The highest BCUT2D eigenvalue weighted by Gasteiger charge is 2.43. The molecule has 3 aliphatic heterocycles. The molecule has 0 bridgehead atoms. The first kappa shape index (κ1) is 28.1. The number of hydrogen-bond acceptors (Lipinski definition) is 5. The Morgan fingerprint density at radius 1 is 1.20 bits per heavy atom. The Morgan fingerprint density at radius 2 is 1.80 bits per heavy atom. The van der Waals surface area contributed by atoms with Gasteiger partial charge in [0.1, 0.15) is 12.0 Å². The van der Waals surface area contributed by atoms with Crippen LogP contribution < -0.4 is 5.32 Å². The molecule has 0 radical (unpaired) electrons. The average Bonchev–Trinajstić information content (AvgIpc) is 2.99. The predicted molar refractivity (Wildman–Crippen MR) is 145 cm³/mol. The van der Waals surface area contributed by atoms with Crippen molar-refractivity contribution in [2.45, 2.75) is 72.8 Å². The van der Waals surface area contributed by atoms with Crippen LogP contribution in [0.4, 0.5) is 0 Å². The van der Waals surface area contributed by atoms with Crippen molar-refractivity contribution in [1.29, 1.82) is 0 Å². The smallest absolute Gasteiger partial charge is 0.253 e. The summed E-state index contributed by atoms with van der Waals surface area (Å²) in [4.78, 5) is 18.3. The Kier molecular flexibility index (Phi) is 8.14. The molecule has 2 fully saturated rings. The summed E-state index contributed by atoms with van der Waals surface area (Å²) in [6, 6.07) is 0. The number of morpholine rings is 1. The molecule has 35 heavy (non-hydrogen) atoms. The first-order valence-corrected chi connectivity index (χ1v) is 14.8. The van der Waals surface area contributed by atoms with Gasteiger partial charge in [-0.2, -0.15) is 4.76 Å². The van der Waals surface area contributed by atoms with E-state index in [4.69, 9.17) is 25.8 Å². The quantitative estimate of drug-likeness (QED) is 0.546. The first-order valence-electron chi connectivity index (χ1n) is 12.2. The number of rotatable bonds is 5. The molecule has 11 heteroatoms. The van der Waals surface area contributed by atoms with Crippen LogP contribution >= 0.6 is 6.57 Å². The third-order valence-corrected chi connectivity index (χ3v) is 9.38. The maximum Gasteiger partial charge on any atom is 0.253 e. The number of amides is 1. The third kappa shape index (κ3) is 7.07. The van der Waals surface area contributed by atoms with Crippen molar-refractivity contribution >= 4 is 30.2 Å². The number of hydrogen-bond donors (Lipinski definition) is 1. The fourth-order valence-electron chi connectivity index (χ4n) is 4.41. The summed E-state index contributed by atoms with van der Waals surface area (Å²) in [6.45, 7) is 18.6. The van der Waals surface area contributed by atoms with Crippen molar-refractivity contribution in [2.24, 2.45) is 10.2 Å². The molecule has 0 saturated carbocycles. The Morgan fingerprint density at radius 3 is 2.34 bits per heavy atom. The van der Waals surface area contributed by atoms with Crippen LogP contribution in [0.2, 0.25) is 0 Å². The molecule has 3 atom stereocenters. The molecule has 3 heterocycles. The summed E-state index contributed by atoms with van der Waals surface area (Å²) >= 11 is 6.32. The minimum atomic E-state index is -2.85. The molecule has 0 spiro atoms. The number of nitrogens with zero attached hydrogens (tertiary/aromatic N) is 5. The summed E-state index contributed by atoms with van der Waals surface area (Å²) < 4.78 is 20.6. The normalized spacial score (nSPS) is 26.6. The topological polar surface area (TPSA) is 72.9 Å². The molecular weight excluding hydrogens is 483 g/mol. The zero-order chi connectivity index (χ0) is 26.3. The molecule has 198 valence electrons. The van der Waals surface area contributed by atoms with Crippen LogP contribution in [0.5, 0.6) is 0 Å². The molecule has 2 saturated heterocycles. The van der Waals surface area contributed by atoms with Gasteiger partial charge in [0.2, 0.25) is 5.96 Å². The van der Waals surface area contributed by atoms with Gasteiger partial charge in [-0.05, 0) is 51.3 Å². The minimum absolute atomic E-state index is 0.0579. The second-order valence-electron chi connectivity index (χ2n) is 11.9. The number of likely N-dealkylation sites (N-methyl/N-ethyl adjacent to an activating group) is 2. The van der Waals surface area contributed by atoms with Crippen LogP contribution in [-0.4, -0.2) is 89.4 Å². The summed E-state index contributed by atoms with van der Waals surface area (Å²) in [7, 11) is 4.08. The van der Waals surface area contributed by atoms with Crippen LogP contribution in [0, 0.1) is 5.41 Å². The van der Waals surface area contributed by atoms with E-state index in [1.54, 1.807) is 6.92 Å². The maximum absolute atomic E-state index is 12.1. The van der Waals surface area contributed by atoms with Gasteiger partial charge >= 0.3 is 0 Å². The molecule has 1 amide bonds. The maximum atomic E-state index is 12.1. The molecule has 0 aromatic rings. The van der Waals surface area contributed by atoms with E-state index in [1.165, 1.54) is 0 Å². The average molecular weight is 527 g/mol. The van der Waals surface area contributed by atoms with Crippen molar-refractivity contribution in [2.75, 3.05) is 40.3 Å². The van der Waals surface area contributed by atoms with Crippen molar-refractivity contribution in [3.05, 3.63) is 24.2 Å². The standard InChI is InChI=1S/C24H43N6O3PS/c1-17-14-30(18(2)25-21(17)31)20-16-29(15-19(32-20)13-23(3,4)5)34(35,33-24(6,7)8)26-22-27(9)11-12-28(22)10/h14,19-20H,2,11-13,15-16H2,1,3-10H3,(H,25,31)/t19-,20-,34?/m1/s1. The van der Waals surface area contributed by atoms with Gasteiger partial charge in [-0.15, -0.1) is 0 Å². The van der Waals surface area contributed by atoms with E-state index in [0.29, 0.717) is 24.5 Å². The van der Waals surface area contributed by atoms with Gasteiger partial charge in [0, 0.05) is 45.5 Å². The SMILES string of the molecule is C=C1NC(=O)C(C)=CN1[C@H]1CN(P(=S)(N=C2N(C)CCN2C)OC(C)(C)C)C[C@@H](CC(C)(C)C)O1. The summed E-state index contributed by atoms with van der Waals surface area (Å²) in [5.41, 5.74) is 0.190. The third-order valence-electron chi connectivity index (χ3n) is 5.96. The van der Waals surface area contributed by atoms with Gasteiger partial charge in [0.15, 0.2) is 0 Å². The summed E-state index contributed by atoms with van der Waals surface area (Å²) in [5, 5.41) is 2.84. The minimum Gasteiger partial charge on any atom is -0.352 e. The van der Waals surface area contributed by atoms with Crippen molar-refractivity contribution in [1.82, 2.24) is 24.7 Å². The van der Waals surface area contributed by atoms with Crippen molar-refractivity contribution < 1.29 is 14.1 Å². The Bertz CT molecular complexity index is 942. The number of carbonyl (C=O) groups excluding carboxylic acids is 1. The molecule has 1 N–H and O–H groups in total. The molecule has 0 aromatic heterocycles. The predicted octanol–water partition coefficient (Wildman–Crippen LogP) is 3.53. The molecule has 3 aliphatic rings. The van der Waals surface area contributed by atoms with Crippen LogP contribution in [0.25, 0.3) is 0 Å². The van der Waals surface area contributed by atoms with Gasteiger partial charge in [-0.3, -0.25) is 4.79 Å². The van der Waals surface area contributed by atoms with E-state index in [0.717, 1.165) is 25.5 Å². The van der Waals surface area contributed by atoms with E-state index in [1.807, 2.05) is 46.0 Å². The second kappa shape index (κ2) is 10.1. The Hall–Kier alpha value is -1.45. The van der Waals surface area contributed by atoms with E-state index >= 15 is 0 Å². The van der Waals surface area contributed by atoms with Gasteiger partial charge in [-0.1, -0.05) is 27.4 Å². The van der Waals surface area contributed by atoms with Gasteiger partial charge in [0.05, 0.1) is 18.2 Å². The fraction of sp³-hybridized carbons (Fsp3) is 0.750. The zero-order valence-corrected chi connectivity index (χ0v) is 24.5. The van der Waals surface area contributed by atoms with Gasteiger partial charge in [-0.25, -0.2) is 4.67 Å². The first-order chi connectivity index (χ1) is 16.0. The van der Waals surface area contributed by atoms with E-state index in [9.17, 15) is 4.79 Å². The van der Waals surface area contributed by atoms with Gasteiger partial charge < -0.3 is 29.3 Å². The highest BCUT2D eigenvalue weighted by atomic mass is 32.4. The lowest BCUT2D eigenvalue weighted by Crippen LogP contribution is -2.55. The lowest BCUT2D eigenvalue weighted by molar-refractivity contribution is -0.132. The molecule has 0 aromatic carbocycles.